The Bertz CT molecular complexity index is 897. The fourth-order valence-corrected chi connectivity index (χ4v) is 3.88. The van der Waals surface area contributed by atoms with Crippen molar-refractivity contribution in [3.8, 4) is 5.75 Å². The molecule has 1 fully saturated rings. The summed E-state index contributed by atoms with van der Waals surface area (Å²) in [5, 5.41) is -0.258. The van der Waals surface area contributed by atoms with Crippen molar-refractivity contribution in [2.24, 2.45) is 0 Å². The lowest BCUT2D eigenvalue weighted by Crippen LogP contribution is -2.27. The molecule has 0 unspecified atom stereocenters. The highest BCUT2D eigenvalue weighted by Gasteiger charge is 2.35. The highest BCUT2D eigenvalue weighted by atomic mass is 79.9. The van der Waals surface area contributed by atoms with Crippen LogP contribution in [0.2, 0.25) is 0 Å². The standard InChI is InChI=1S/C21H20BrNO3S/c1-3-14(2)26-18-10-5-4-8-16(18)12-19-20(24)23(21(25)27-19)13-15-7-6-9-17(22)11-15/h4-12,14H,3,13H2,1-2H3/b19-12+/t14-/m1/s1. The van der Waals surface area contributed by atoms with E-state index in [2.05, 4.69) is 22.9 Å². The first-order valence-corrected chi connectivity index (χ1v) is 10.3. The van der Waals surface area contributed by atoms with Crippen LogP contribution in [0.1, 0.15) is 31.4 Å². The SMILES string of the molecule is CC[C@@H](C)Oc1ccccc1/C=C1/SC(=O)N(Cc2cccc(Br)c2)C1=O. The van der Waals surface area contributed by atoms with Crippen molar-refractivity contribution in [2.45, 2.75) is 32.9 Å². The monoisotopic (exact) mass is 445 g/mol. The van der Waals surface area contributed by atoms with E-state index in [0.29, 0.717) is 10.7 Å². The molecule has 0 N–H and O–H groups in total. The number of thioether (sulfide) groups is 1. The van der Waals surface area contributed by atoms with Crippen molar-refractivity contribution in [1.29, 1.82) is 0 Å². The smallest absolute Gasteiger partial charge is 0.293 e. The number of benzene rings is 2. The molecule has 2 aromatic carbocycles. The molecule has 1 aliphatic rings. The summed E-state index contributed by atoms with van der Waals surface area (Å²) in [5.41, 5.74) is 1.69. The molecule has 1 aliphatic heterocycles. The largest absolute Gasteiger partial charge is 0.490 e. The Morgan fingerprint density at radius 2 is 1.96 bits per heavy atom. The maximum absolute atomic E-state index is 12.8. The van der Waals surface area contributed by atoms with Crippen LogP contribution in [-0.4, -0.2) is 22.2 Å². The van der Waals surface area contributed by atoms with E-state index < -0.39 is 0 Å². The minimum atomic E-state index is -0.275. The number of imide groups is 1. The van der Waals surface area contributed by atoms with Crippen molar-refractivity contribution < 1.29 is 14.3 Å². The van der Waals surface area contributed by atoms with E-state index >= 15 is 0 Å². The third-order valence-electron chi connectivity index (χ3n) is 4.21. The van der Waals surface area contributed by atoms with Crippen LogP contribution >= 0.6 is 27.7 Å². The van der Waals surface area contributed by atoms with Gasteiger partial charge in [-0.3, -0.25) is 14.5 Å². The lowest BCUT2D eigenvalue weighted by molar-refractivity contribution is -0.123. The Morgan fingerprint density at radius 3 is 2.70 bits per heavy atom. The minimum absolute atomic E-state index is 0.0751. The van der Waals surface area contributed by atoms with Crippen LogP contribution in [0, 0.1) is 0 Å². The summed E-state index contributed by atoms with van der Waals surface area (Å²) in [4.78, 5) is 26.8. The number of hydrogen-bond donors (Lipinski definition) is 0. The number of para-hydroxylation sites is 1. The average Bonchev–Trinajstić information content (AvgIpc) is 2.91. The number of amides is 2. The number of halogens is 1. The van der Waals surface area contributed by atoms with Gasteiger partial charge in [0.25, 0.3) is 11.1 Å². The van der Waals surface area contributed by atoms with Crippen LogP contribution in [-0.2, 0) is 11.3 Å². The Hall–Kier alpha value is -2.05. The van der Waals surface area contributed by atoms with Crippen LogP contribution in [0.4, 0.5) is 4.79 Å². The molecule has 1 atom stereocenters. The fourth-order valence-electron chi connectivity index (χ4n) is 2.60. The highest BCUT2D eigenvalue weighted by molar-refractivity contribution is 9.10. The quantitative estimate of drug-likeness (QED) is 0.522. The van der Waals surface area contributed by atoms with Gasteiger partial charge in [0, 0.05) is 10.0 Å². The summed E-state index contributed by atoms with van der Waals surface area (Å²) in [6.45, 7) is 4.32. The predicted octanol–water partition coefficient (Wildman–Crippen LogP) is 5.86. The molecule has 27 heavy (non-hydrogen) atoms. The van der Waals surface area contributed by atoms with E-state index in [1.165, 1.54) is 4.90 Å². The Balaban J connectivity index is 1.82. The zero-order valence-electron chi connectivity index (χ0n) is 15.1. The van der Waals surface area contributed by atoms with Crippen molar-refractivity contribution in [2.75, 3.05) is 0 Å². The number of hydrogen-bond acceptors (Lipinski definition) is 4. The van der Waals surface area contributed by atoms with Crippen LogP contribution in [0.25, 0.3) is 6.08 Å². The van der Waals surface area contributed by atoms with Gasteiger partial charge >= 0.3 is 0 Å². The van der Waals surface area contributed by atoms with Gasteiger partial charge in [-0.25, -0.2) is 0 Å². The Labute approximate surface area is 171 Å². The van der Waals surface area contributed by atoms with E-state index in [1.807, 2.05) is 55.5 Å². The molecule has 6 heteroatoms. The molecule has 2 amide bonds. The maximum Gasteiger partial charge on any atom is 0.293 e. The van der Waals surface area contributed by atoms with Gasteiger partial charge in [-0.15, -0.1) is 0 Å². The van der Waals surface area contributed by atoms with Crippen molar-refractivity contribution in [3.05, 3.63) is 69.0 Å². The highest BCUT2D eigenvalue weighted by Crippen LogP contribution is 2.35. The Kier molecular flexibility index (Phi) is 6.39. The molecule has 0 radical (unpaired) electrons. The maximum atomic E-state index is 12.8. The van der Waals surface area contributed by atoms with E-state index in [0.717, 1.165) is 33.8 Å². The lowest BCUT2D eigenvalue weighted by Gasteiger charge is -2.15. The van der Waals surface area contributed by atoms with Crippen LogP contribution in [0.15, 0.2) is 57.9 Å². The van der Waals surface area contributed by atoms with Gasteiger partial charge in [-0.2, -0.15) is 0 Å². The molecule has 1 saturated heterocycles. The normalized spacial score (nSPS) is 16.9. The second-order valence-corrected chi connectivity index (χ2v) is 8.18. The second-order valence-electron chi connectivity index (χ2n) is 6.27. The molecule has 0 saturated carbocycles. The molecular weight excluding hydrogens is 426 g/mol. The van der Waals surface area contributed by atoms with Gasteiger partial charge in [0.05, 0.1) is 17.6 Å². The van der Waals surface area contributed by atoms with E-state index in [9.17, 15) is 9.59 Å². The second kappa shape index (κ2) is 8.76. The van der Waals surface area contributed by atoms with Gasteiger partial charge < -0.3 is 4.74 Å². The minimum Gasteiger partial charge on any atom is -0.490 e. The van der Waals surface area contributed by atoms with Crippen molar-refractivity contribution >= 4 is 44.9 Å². The summed E-state index contributed by atoms with van der Waals surface area (Å²) in [6.07, 6.45) is 2.70. The number of rotatable bonds is 6. The molecule has 1 heterocycles. The average molecular weight is 446 g/mol. The molecule has 2 aromatic rings. The number of carbonyl (C=O) groups excluding carboxylic acids is 2. The predicted molar refractivity (Wildman–Crippen MR) is 112 cm³/mol. The first-order chi connectivity index (χ1) is 13.0. The van der Waals surface area contributed by atoms with Gasteiger partial charge in [0.2, 0.25) is 0 Å². The molecule has 140 valence electrons. The molecule has 0 aromatic heterocycles. The van der Waals surface area contributed by atoms with Gasteiger partial charge in [-0.1, -0.05) is 53.2 Å². The number of carbonyl (C=O) groups is 2. The van der Waals surface area contributed by atoms with Crippen LogP contribution < -0.4 is 4.74 Å². The molecular formula is C21H20BrNO3S. The van der Waals surface area contributed by atoms with Crippen LogP contribution in [0.5, 0.6) is 5.75 Å². The summed E-state index contributed by atoms with van der Waals surface area (Å²) in [5.74, 6) is 0.439. The van der Waals surface area contributed by atoms with Gasteiger partial charge in [0.1, 0.15) is 5.75 Å². The lowest BCUT2D eigenvalue weighted by atomic mass is 10.1. The summed E-state index contributed by atoms with van der Waals surface area (Å²) in [6, 6.07) is 15.1. The van der Waals surface area contributed by atoms with Gasteiger partial charge in [-0.05, 0) is 54.9 Å². The molecule has 0 aliphatic carbocycles. The first kappa shape index (κ1) is 19.7. The molecule has 0 bridgehead atoms. The van der Waals surface area contributed by atoms with Crippen molar-refractivity contribution in [3.63, 3.8) is 0 Å². The zero-order valence-corrected chi connectivity index (χ0v) is 17.5. The molecule has 3 rings (SSSR count). The topological polar surface area (TPSA) is 46.6 Å². The van der Waals surface area contributed by atoms with E-state index in [-0.39, 0.29) is 23.8 Å². The zero-order chi connectivity index (χ0) is 19.4. The summed E-state index contributed by atoms with van der Waals surface area (Å²) in [7, 11) is 0. The number of ether oxygens (including phenoxy) is 1. The van der Waals surface area contributed by atoms with E-state index in [4.69, 9.17) is 4.74 Å². The van der Waals surface area contributed by atoms with Crippen molar-refractivity contribution in [1.82, 2.24) is 4.90 Å². The third kappa shape index (κ3) is 4.82. The number of nitrogens with zero attached hydrogens (tertiary/aromatic N) is 1. The fraction of sp³-hybridized carbons (Fsp3) is 0.238. The first-order valence-electron chi connectivity index (χ1n) is 8.73. The van der Waals surface area contributed by atoms with Gasteiger partial charge in [0.15, 0.2) is 0 Å². The summed E-state index contributed by atoms with van der Waals surface area (Å²) < 4.78 is 6.85. The molecule has 0 spiro atoms. The Morgan fingerprint density at radius 1 is 1.19 bits per heavy atom. The molecule has 4 nitrogen and oxygen atoms in total. The summed E-state index contributed by atoms with van der Waals surface area (Å²) >= 11 is 4.38. The van der Waals surface area contributed by atoms with Crippen LogP contribution in [0.3, 0.4) is 0 Å². The van der Waals surface area contributed by atoms with E-state index in [1.54, 1.807) is 6.08 Å². The third-order valence-corrected chi connectivity index (χ3v) is 5.61.